The number of halogens is 5. The maximum absolute atomic E-state index is 9.75. The largest absolute Gasteiger partial charge is 0.673 e. The maximum Gasteiger partial charge on any atom is 0.673 e. The molecule has 4 aromatic rings. The van der Waals surface area contributed by atoms with Crippen LogP contribution in [0.3, 0.4) is 0 Å². The Hall–Kier alpha value is -3.26. The molecule has 0 aliphatic carbocycles. The molecule has 0 fully saturated rings. The van der Waals surface area contributed by atoms with Crippen LogP contribution in [0.5, 0.6) is 5.75 Å². The van der Waals surface area contributed by atoms with Crippen LogP contribution < -0.4 is 10.3 Å². The topological polar surface area (TPSA) is 47.3 Å². The molecule has 1 aromatic heterocycles. The first kappa shape index (κ1) is 21.5. The highest BCUT2D eigenvalue weighted by Crippen LogP contribution is 2.23. The summed E-state index contributed by atoms with van der Waals surface area (Å²) in [5, 5.41) is 12.2. The zero-order valence-electron chi connectivity index (χ0n) is 15.3. The quantitative estimate of drug-likeness (QED) is 0.341. The number of fused-ring (bicyclic) bond motifs is 1. The van der Waals surface area contributed by atoms with Gasteiger partial charge in [0.2, 0.25) is 11.0 Å². The minimum Gasteiger partial charge on any atom is -0.508 e. The molecule has 9 heteroatoms. The van der Waals surface area contributed by atoms with E-state index >= 15 is 0 Å². The van der Waals surface area contributed by atoms with Gasteiger partial charge in [0, 0.05) is 16.7 Å². The second-order valence-corrected chi connectivity index (χ2v) is 6.63. The van der Waals surface area contributed by atoms with Crippen LogP contribution in [0.2, 0.25) is 5.02 Å². The Kier molecular flexibility index (Phi) is 6.47. The lowest BCUT2D eigenvalue weighted by Crippen LogP contribution is -2.70. The first-order chi connectivity index (χ1) is 14.2. The summed E-state index contributed by atoms with van der Waals surface area (Å²) in [6, 6.07) is 24.3. The van der Waals surface area contributed by atoms with E-state index in [9.17, 15) is 22.4 Å². The predicted molar refractivity (Wildman–Crippen MR) is 109 cm³/mol. The van der Waals surface area contributed by atoms with Crippen molar-refractivity contribution >= 4 is 35.5 Å². The Morgan fingerprint density at radius 3 is 2.17 bits per heavy atom. The monoisotopic (exact) mass is 435 g/mol. The molecule has 0 saturated heterocycles. The summed E-state index contributed by atoms with van der Waals surface area (Å²) < 4.78 is 45.1. The number of benzene rings is 3. The fourth-order valence-corrected chi connectivity index (χ4v) is 2.86. The maximum atomic E-state index is 9.75. The Morgan fingerprint density at radius 2 is 1.50 bits per heavy atom. The van der Waals surface area contributed by atoms with Gasteiger partial charge in [-0.3, -0.25) is 0 Å². The van der Waals surface area contributed by atoms with Crippen molar-refractivity contribution in [2.75, 3.05) is 0 Å². The third-order valence-electron chi connectivity index (χ3n) is 3.93. The third-order valence-corrected chi connectivity index (χ3v) is 4.18. The van der Waals surface area contributed by atoms with Crippen LogP contribution in [-0.2, 0) is 0 Å². The summed E-state index contributed by atoms with van der Waals surface area (Å²) in [4.78, 5) is 3.36. The molecule has 4 rings (SSSR count). The van der Waals surface area contributed by atoms with E-state index in [1.165, 1.54) is 0 Å². The van der Waals surface area contributed by atoms with Crippen LogP contribution in [0, 0.1) is 0 Å². The lowest BCUT2D eigenvalue weighted by molar-refractivity contribution is -0.401. The highest BCUT2D eigenvalue weighted by atomic mass is 35.5. The van der Waals surface area contributed by atoms with Gasteiger partial charge < -0.3 is 26.8 Å². The number of phenols is 1. The van der Waals surface area contributed by atoms with Crippen molar-refractivity contribution in [2.24, 2.45) is 0 Å². The Bertz CT molecular complexity index is 1220. The second-order valence-electron chi connectivity index (χ2n) is 6.20. The number of phenolic OH excluding ortho intramolecular Hbond substituents is 1. The standard InChI is InChI=1S/C21H14ClNO2.BF4/c22-15-10-8-14(9-11-15)21-13-19(18-6-1-2-7-20(18)25-21)23-16-4-3-5-17(24)12-16;2-1(3,4)5/h1-13,24H;/q;-1/p+1. The van der Waals surface area contributed by atoms with Crippen LogP contribution in [0.4, 0.5) is 23.0 Å². The molecule has 154 valence electrons. The Morgan fingerprint density at radius 1 is 0.833 bits per heavy atom. The molecule has 1 heterocycles. The van der Waals surface area contributed by atoms with Gasteiger partial charge in [0.15, 0.2) is 0 Å². The van der Waals surface area contributed by atoms with Crippen LogP contribution >= 0.6 is 11.6 Å². The van der Waals surface area contributed by atoms with Crippen molar-refractivity contribution < 1.29 is 31.8 Å². The molecular weight excluding hydrogens is 420 g/mol. The van der Waals surface area contributed by atoms with E-state index in [0.717, 1.165) is 33.3 Å². The molecule has 0 radical (unpaired) electrons. The number of nitrogens with one attached hydrogen (secondary N) is 1. The van der Waals surface area contributed by atoms with Gasteiger partial charge in [-0.2, -0.15) is 0 Å². The normalized spacial score (nSPS) is 11.8. The molecule has 3 aromatic carbocycles. The van der Waals surface area contributed by atoms with E-state index in [2.05, 4.69) is 4.99 Å². The molecule has 0 amide bonds. The van der Waals surface area contributed by atoms with Crippen LogP contribution in [0.1, 0.15) is 0 Å². The average molecular weight is 436 g/mol. The minimum atomic E-state index is -6.00. The summed E-state index contributed by atoms with van der Waals surface area (Å²) in [7, 11) is -6.00. The van der Waals surface area contributed by atoms with Gasteiger partial charge in [-0.1, -0.05) is 29.8 Å². The zero-order valence-corrected chi connectivity index (χ0v) is 16.1. The van der Waals surface area contributed by atoms with Gasteiger partial charge >= 0.3 is 7.25 Å². The van der Waals surface area contributed by atoms with E-state index in [4.69, 9.17) is 16.0 Å². The second kappa shape index (κ2) is 9.05. The van der Waals surface area contributed by atoms with Crippen molar-refractivity contribution in [1.82, 2.24) is 0 Å². The van der Waals surface area contributed by atoms with Crippen molar-refractivity contribution in [3.05, 3.63) is 89.2 Å². The van der Waals surface area contributed by atoms with Gasteiger partial charge in [0.1, 0.15) is 17.1 Å². The number of aromatic hydroxyl groups is 1. The number of para-hydroxylation sites is 1. The van der Waals surface area contributed by atoms with Crippen molar-refractivity contribution in [3.63, 3.8) is 0 Å². The van der Waals surface area contributed by atoms with Gasteiger partial charge in [-0.25, -0.2) is 4.99 Å². The molecule has 2 N–H and O–H groups in total. The highest BCUT2D eigenvalue weighted by molar-refractivity contribution is 6.50. The zero-order chi connectivity index (χ0) is 21.7. The Balaban J connectivity index is 0.000000461. The van der Waals surface area contributed by atoms with Crippen LogP contribution in [0.15, 0.2) is 83.3 Å². The number of rotatable bonds is 2. The van der Waals surface area contributed by atoms with Gasteiger partial charge in [0.05, 0.1) is 17.5 Å². The summed E-state index contributed by atoms with van der Waals surface area (Å²) in [6.45, 7) is 0. The highest BCUT2D eigenvalue weighted by Gasteiger charge is 2.20. The molecule has 0 atom stereocenters. The lowest BCUT2D eigenvalue weighted by atomic mass is 10.1. The molecule has 0 aliphatic rings. The van der Waals surface area contributed by atoms with Crippen molar-refractivity contribution in [2.45, 2.75) is 0 Å². The molecule has 0 saturated carbocycles. The molecule has 30 heavy (non-hydrogen) atoms. The van der Waals surface area contributed by atoms with E-state index < -0.39 is 7.25 Å². The van der Waals surface area contributed by atoms with E-state index in [0.29, 0.717) is 5.02 Å². The molecule has 0 unspecified atom stereocenters. The summed E-state index contributed by atoms with van der Waals surface area (Å²) in [5.74, 6) is 0.950. The average Bonchev–Trinajstić information content (AvgIpc) is 2.67. The minimum absolute atomic E-state index is 0.216. The summed E-state index contributed by atoms with van der Waals surface area (Å²) in [6.07, 6.45) is 0. The van der Waals surface area contributed by atoms with Crippen LogP contribution in [0.25, 0.3) is 22.3 Å². The van der Waals surface area contributed by atoms with E-state index in [1.807, 2.05) is 60.7 Å². The van der Waals surface area contributed by atoms with E-state index in [-0.39, 0.29) is 5.75 Å². The lowest BCUT2D eigenvalue weighted by Gasteiger charge is -2.03. The number of hydrogen-bond donors (Lipinski definition) is 2. The SMILES string of the molecule is F[B-](F)(F)F.Oc1cccc([NH+]=c2cc(-c3ccc(Cl)cc3)oc3ccccc23)c1. The number of hydrogen-bond acceptors (Lipinski definition) is 2. The smallest absolute Gasteiger partial charge is 0.508 e. The van der Waals surface area contributed by atoms with Crippen LogP contribution in [-0.4, -0.2) is 12.4 Å². The van der Waals surface area contributed by atoms with E-state index in [1.54, 1.807) is 18.2 Å². The third kappa shape index (κ3) is 6.12. The summed E-state index contributed by atoms with van der Waals surface area (Å²) in [5.41, 5.74) is 2.52. The van der Waals surface area contributed by atoms with Gasteiger partial charge in [-0.05, 0) is 42.5 Å². The molecule has 3 nitrogen and oxygen atoms in total. The Labute approximate surface area is 174 Å². The molecular formula is C21H15BClF4NO2. The molecule has 0 bridgehead atoms. The fourth-order valence-electron chi connectivity index (χ4n) is 2.73. The molecule has 0 aliphatic heterocycles. The van der Waals surface area contributed by atoms with Gasteiger partial charge in [-0.15, -0.1) is 0 Å². The first-order valence-electron chi connectivity index (χ1n) is 8.74. The van der Waals surface area contributed by atoms with Gasteiger partial charge in [0.25, 0.3) is 0 Å². The van der Waals surface area contributed by atoms with Crippen molar-refractivity contribution in [1.29, 1.82) is 0 Å². The summed E-state index contributed by atoms with van der Waals surface area (Å²) >= 11 is 5.98. The molecule has 0 spiro atoms. The predicted octanol–water partition coefficient (Wildman–Crippen LogP) is 5.07. The van der Waals surface area contributed by atoms with Crippen molar-refractivity contribution in [3.8, 4) is 17.1 Å². The fraction of sp³-hybridized carbons (Fsp3) is 0. The first-order valence-corrected chi connectivity index (χ1v) is 9.12.